The molecule has 2 amide bonds. The molecule has 0 spiro atoms. The molecule has 0 unspecified atom stereocenters. The van der Waals surface area contributed by atoms with Gasteiger partial charge in [-0.3, -0.25) is 13.9 Å². The van der Waals surface area contributed by atoms with Crippen LogP contribution < -0.4 is 19.1 Å². The molecule has 39 heavy (non-hydrogen) atoms. The highest BCUT2D eigenvalue weighted by molar-refractivity contribution is 7.92. The zero-order valence-electron chi connectivity index (χ0n) is 21.7. The van der Waals surface area contributed by atoms with Crippen LogP contribution in [0.25, 0.3) is 0 Å². The second-order valence-corrected chi connectivity index (χ2v) is 10.7. The van der Waals surface area contributed by atoms with E-state index in [0.717, 1.165) is 4.31 Å². The van der Waals surface area contributed by atoms with Crippen molar-refractivity contribution in [3.05, 3.63) is 84.2 Å². The molecule has 1 aliphatic rings. The zero-order valence-corrected chi connectivity index (χ0v) is 22.5. The number of fused-ring (bicyclic) bond motifs is 1. The maximum Gasteiger partial charge on any atom is 0.264 e. The quantitative estimate of drug-likeness (QED) is 0.412. The highest BCUT2D eigenvalue weighted by Gasteiger charge is 2.34. The van der Waals surface area contributed by atoms with Gasteiger partial charge >= 0.3 is 0 Å². The summed E-state index contributed by atoms with van der Waals surface area (Å²) in [5, 5.41) is 2.57. The van der Waals surface area contributed by atoms with Gasteiger partial charge in [-0.05, 0) is 48.4 Å². The van der Waals surface area contributed by atoms with E-state index in [1.54, 1.807) is 37.3 Å². The SMILES string of the molecule is CC[C@H](C(=O)NC)N(Cc1ccc(F)cc1)C(=O)CN(c1ccc2c(c1)OCCO2)S(=O)(=O)c1ccccc1. The van der Waals surface area contributed by atoms with Gasteiger partial charge in [0, 0.05) is 19.7 Å². The molecule has 1 aliphatic heterocycles. The van der Waals surface area contributed by atoms with Crippen molar-refractivity contribution in [2.24, 2.45) is 0 Å². The van der Waals surface area contributed by atoms with E-state index in [4.69, 9.17) is 9.47 Å². The Morgan fingerprint density at radius 1 is 0.974 bits per heavy atom. The number of likely N-dealkylation sites (N-methyl/N-ethyl adjacent to an activating group) is 1. The number of halogens is 1. The zero-order chi connectivity index (χ0) is 28.0. The Balaban J connectivity index is 1.75. The van der Waals surface area contributed by atoms with E-state index in [9.17, 15) is 22.4 Å². The van der Waals surface area contributed by atoms with E-state index in [1.807, 2.05) is 0 Å². The maximum absolute atomic E-state index is 13.9. The van der Waals surface area contributed by atoms with Gasteiger partial charge in [0.25, 0.3) is 10.0 Å². The number of hydrogen-bond acceptors (Lipinski definition) is 6. The number of carbonyl (C=O) groups is 2. The van der Waals surface area contributed by atoms with E-state index >= 15 is 0 Å². The number of hydrogen-bond donors (Lipinski definition) is 1. The van der Waals surface area contributed by atoms with Gasteiger partial charge in [-0.2, -0.15) is 0 Å². The van der Waals surface area contributed by atoms with Gasteiger partial charge < -0.3 is 19.7 Å². The molecule has 206 valence electrons. The number of nitrogens with zero attached hydrogens (tertiary/aromatic N) is 2. The molecule has 11 heteroatoms. The van der Waals surface area contributed by atoms with Gasteiger partial charge in [0.15, 0.2) is 11.5 Å². The van der Waals surface area contributed by atoms with Gasteiger partial charge in [-0.25, -0.2) is 12.8 Å². The molecule has 0 saturated carbocycles. The maximum atomic E-state index is 13.9. The highest BCUT2D eigenvalue weighted by atomic mass is 32.2. The summed E-state index contributed by atoms with van der Waals surface area (Å²) in [6.45, 7) is 1.81. The monoisotopic (exact) mass is 555 g/mol. The van der Waals surface area contributed by atoms with Crippen molar-refractivity contribution < 1.29 is 31.9 Å². The van der Waals surface area contributed by atoms with Gasteiger partial charge in [-0.1, -0.05) is 37.3 Å². The van der Waals surface area contributed by atoms with Crippen LogP contribution in [0.2, 0.25) is 0 Å². The third-order valence-corrected chi connectivity index (χ3v) is 8.11. The fourth-order valence-corrected chi connectivity index (χ4v) is 5.74. The standard InChI is InChI=1S/C28H30FN3O6S/c1-3-24(28(34)30-2)31(18-20-9-11-21(29)12-10-20)27(33)19-32(39(35,36)23-7-5-4-6-8-23)22-13-14-25-26(17-22)38-16-15-37-25/h4-14,17,24H,3,15-16,18-19H2,1-2H3,(H,30,34)/t24-/m1/s1. The van der Waals surface area contributed by atoms with Crippen molar-refractivity contribution in [2.75, 3.05) is 31.1 Å². The summed E-state index contributed by atoms with van der Waals surface area (Å²) >= 11 is 0. The van der Waals surface area contributed by atoms with Gasteiger partial charge in [0.05, 0.1) is 10.6 Å². The lowest BCUT2D eigenvalue weighted by molar-refractivity contribution is -0.140. The Morgan fingerprint density at radius 2 is 1.64 bits per heavy atom. The van der Waals surface area contributed by atoms with Gasteiger partial charge in [0.1, 0.15) is 31.6 Å². The molecule has 4 rings (SSSR count). The van der Waals surface area contributed by atoms with Crippen LogP contribution in [0.15, 0.2) is 77.7 Å². The molecule has 0 radical (unpaired) electrons. The van der Waals surface area contributed by atoms with E-state index < -0.39 is 40.2 Å². The molecule has 0 fully saturated rings. The first-order chi connectivity index (χ1) is 18.7. The summed E-state index contributed by atoms with van der Waals surface area (Å²) in [6, 6.07) is 17.1. The van der Waals surface area contributed by atoms with Gasteiger partial charge in [0.2, 0.25) is 11.8 Å². The van der Waals surface area contributed by atoms with Gasteiger partial charge in [-0.15, -0.1) is 0 Å². The molecule has 0 saturated heterocycles. The minimum atomic E-state index is -4.21. The fraction of sp³-hybridized carbons (Fsp3) is 0.286. The second kappa shape index (κ2) is 12.2. The number of nitrogens with one attached hydrogen (secondary N) is 1. The van der Waals surface area contributed by atoms with Crippen LogP contribution >= 0.6 is 0 Å². The lowest BCUT2D eigenvalue weighted by atomic mass is 10.1. The third-order valence-electron chi connectivity index (χ3n) is 6.32. The molecule has 3 aromatic carbocycles. The van der Waals surface area contributed by atoms with Crippen molar-refractivity contribution in [1.82, 2.24) is 10.2 Å². The molecule has 3 aromatic rings. The van der Waals surface area contributed by atoms with Crippen LogP contribution in [-0.4, -0.2) is 58.0 Å². The molecule has 1 N–H and O–H groups in total. The molecule has 1 heterocycles. The summed E-state index contributed by atoms with van der Waals surface area (Å²) in [5.74, 6) is -0.612. The molecule has 0 bridgehead atoms. The number of benzene rings is 3. The average Bonchev–Trinajstić information content (AvgIpc) is 2.96. The van der Waals surface area contributed by atoms with Crippen LogP contribution in [0, 0.1) is 5.82 Å². The number of ether oxygens (including phenoxy) is 2. The Kier molecular flexibility index (Phi) is 8.70. The van der Waals surface area contributed by atoms with E-state index in [0.29, 0.717) is 30.3 Å². The molecule has 0 aliphatic carbocycles. The molecule has 9 nitrogen and oxygen atoms in total. The highest BCUT2D eigenvalue weighted by Crippen LogP contribution is 2.36. The molecular weight excluding hydrogens is 525 g/mol. The van der Waals surface area contributed by atoms with Crippen molar-refractivity contribution in [3.8, 4) is 11.5 Å². The topological polar surface area (TPSA) is 105 Å². The molecule has 1 atom stereocenters. The summed E-state index contributed by atoms with van der Waals surface area (Å²) in [6.07, 6.45) is 0.280. The van der Waals surface area contributed by atoms with E-state index in [1.165, 1.54) is 54.4 Å². The van der Waals surface area contributed by atoms with Crippen LogP contribution in [0.3, 0.4) is 0 Å². The predicted octanol–water partition coefficient (Wildman–Crippen LogP) is 3.35. The summed E-state index contributed by atoms with van der Waals surface area (Å²) in [4.78, 5) is 27.9. The Hall–Kier alpha value is -4.12. The van der Waals surface area contributed by atoms with Crippen molar-refractivity contribution in [2.45, 2.75) is 30.8 Å². The van der Waals surface area contributed by atoms with E-state index in [2.05, 4.69) is 5.32 Å². The van der Waals surface area contributed by atoms with Crippen molar-refractivity contribution in [1.29, 1.82) is 0 Å². The van der Waals surface area contributed by atoms with Crippen LogP contribution in [0.4, 0.5) is 10.1 Å². The van der Waals surface area contributed by atoms with E-state index in [-0.39, 0.29) is 23.5 Å². The smallest absolute Gasteiger partial charge is 0.264 e. The first-order valence-corrected chi connectivity index (χ1v) is 13.9. The minimum absolute atomic E-state index is 0.00360. The Morgan fingerprint density at radius 3 is 2.28 bits per heavy atom. The predicted molar refractivity (Wildman–Crippen MR) is 144 cm³/mol. The number of carbonyl (C=O) groups excluding carboxylic acids is 2. The number of anilines is 1. The normalized spacial score (nSPS) is 13.3. The Labute approximate surface area is 227 Å². The first-order valence-electron chi connectivity index (χ1n) is 12.5. The summed E-state index contributed by atoms with van der Waals surface area (Å²) in [7, 11) is -2.74. The molecule has 0 aromatic heterocycles. The summed E-state index contributed by atoms with van der Waals surface area (Å²) in [5.41, 5.74) is 0.787. The largest absolute Gasteiger partial charge is 0.486 e. The number of sulfonamides is 1. The Bertz CT molecular complexity index is 1420. The summed E-state index contributed by atoms with van der Waals surface area (Å²) < 4.78 is 53.4. The fourth-order valence-electron chi connectivity index (χ4n) is 4.31. The third kappa shape index (κ3) is 6.31. The van der Waals surface area contributed by atoms with Crippen molar-refractivity contribution in [3.63, 3.8) is 0 Å². The molecular formula is C28H30FN3O6S. The van der Waals surface area contributed by atoms with Crippen molar-refractivity contribution >= 4 is 27.5 Å². The average molecular weight is 556 g/mol. The number of amides is 2. The minimum Gasteiger partial charge on any atom is -0.486 e. The lowest BCUT2D eigenvalue weighted by Gasteiger charge is -2.33. The van der Waals surface area contributed by atoms with Crippen LogP contribution in [0.5, 0.6) is 11.5 Å². The first kappa shape index (κ1) is 27.9. The second-order valence-electron chi connectivity index (χ2n) is 8.84. The van der Waals surface area contributed by atoms with Crippen LogP contribution in [-0.2, 0) is 26.2 Å². The van der Waals surface area contributed by atoms with Crippen LogP contribution in [0.1, 0.15) is 18.9 Å². The number of rotatable bonds is 10. The lowest BCUT2D eigenvalue weighted by Crippen LogP contribution is -2.51.